The minimum atomic E-state index is -0.527. The Kier molecular flexibility index (Phi) is 5.85. The highest BCUT2D eigenvalue weighted by Crippen LogP contribution is 2.42. The van der Waals surface area contributed by atoms with Gasteiger partial charge in [0, 0.05) is 23.4 Å². The lowest BCUT2D eigenvalue weighted by Crippen LogP contribution is -2.34. The highest BCUT2D eigenvalue weighted by Gasteiger charge is 2.40. The van der Waals surface area contributed by atoms with Gasteiger partial charge < -0.3 is 19.2 Å². The Balaban J connectivity index is 1.90. The van der Waals surface area contributed by atoms with Crippen LogP contribution in [-0.2, 0) is 19.1 Å². The minimum Gasteiger partial charge on any atom is -0.465 e. The van der Waals surface area contributed by atoms with Gasteiger partial charge >= 0.3 is 5.97 Å². The van der Waals surface area contributed by atoms with Gasteiger partial charge in [-0.25, -0.2) is 4.79 Å². The van der Waals surface area contributed by atoms with Crippen molar-refractivity contribution in [1.29, 1.82) is 0 Å². The lowest BCUT2D eigenvalue weighted by atomic mass is 9.77. The number of nitrogens with one attached hydrogen (secondary N) is 1. The van der Waals surface area contributed by atoms with Gasteiger partial charge in [0.05, 0.1) is 24.2 Å². The molecule has 6 nitrogen and oxygen atoms in total. The fourth-order valence-electron chi connectivity index (χ4n) is 3.64. The van der Waals surface area contributed by atoms with Crippen LogP contribution in [0, 0.1) is 6.92 Å². The number of esters is 1. The van der Waals surface area contributed by atoms with Crippen molar-refractivity contribution in [2.24, 2.45) is 0 Å². The van der Waals surface area contributed by atoms with Crippen LogP contribution in [0.5, 0.6) is 0 Å². The molecule has 0 spiro atoms. The summed E-state index contributed by atoms with van der Waals surface area (Å²) < 4.78 is 16.7. The molecule has 27 heavy (non-hydrogen) atoms. The molecule has 2 aliphatic rings. The molecule has 1 aromatic rings. The summed E-state index contributed by atoms with van der Waals surface area (Å²) in [5.41, 5.74) is 2.66. The fraction of sp³-hybridized carbons (Fsp3) is 0.524. The topological polar surface area (TPSA) is 77.8 Å². The maximum Gasteiger partial charge on any atom is 0.336 e. The molecule has 0 aromatic carbocycles. The Morgan fingerprint density at radius 3 is 2.70 bits per heavy atom. The van der Waals surface area contributed by atoms with Crippen molar-refractivity contribution in [2.75, 3.05) is 13.2 Å². The Morgan fingerprint density at radius 2 is 2.04 bits per heavy atom. The number of carbonyl (C=O) groups excluding carboxylic acids is 2. The summed E-state index contributed by atoms with van der Waals surface area (Å²) in [5.74, 6) is 0.424. The number of dihydropyridines is 1. The zero-order chi connectivity index (χ0) is 19.6. The molecular weight excluding hydrogens is 346 g/mol. The zero-order valence-electron chi connectivity index (χ0n) is 16.4. The second-order valence-corrected chi connectivity index (χ2v) is 7.27. The van der Waals surface area contributed by atoms with Crippen molar-refractivity contribution >= 4 is 11.8 Å². The molecule has 6 heteroatoms. The largest absolute Gasteiger partial charge is 0.465 e. The van der Waals surface area contributed by atoms with Gasteiger partial charge in [0.2, 0.25) is 0 Å². The Hall–Kier alpha value is -2.34. The van der Waals surface area contributed by atoms with Crippen LogP contribution in [0.25, 0.3) is 0 Å². The summed E-state index contributed by atoms with van der Waals surface area (Å²) in [6, 6.07) is 3.68. The van der Waals surface area contributed by atoms with Crippen molar-refractivity contribution < 1.29 is 23.5 Å². The summed E-state index contributed by atoms with van der Waals surface area (Å²) in [6.07, 6.45) is 2.17. The van der Waals surface area contributed by atoms with E-state index in [1.165, 1.54) is 0 Å². The molecule has 3 rings (SSSR count). The SMILES string of the molecule is CC1=C(C(=O)OCCOC(C)C)[C@H](c2ccc(C)o2)C2=C(CCCC2=O)N1. The van der Waals surface area contributed by atoms with Gasteiger partial charge in [-0.15, -0.1) is 0 Å². The summed E-state index contributed by atoms with van der Waals surface area (Å²) >= 11 is 0. The summed E-state index contributed by atoms with van der Waals surface area (Å²) in [7, 11) is 0. The molecule has 0 unspecified atom stereocenters. The second-order valence-electron chi connectivity index (χ2n) is 7.27. The molecule has 0 amide bonds. The smallest absolute Gasteiger partial charge is 0.336 e. The normalized spacial score (nSPS) is 20.0. The molecule has 0 bridgehead atoms. The maximum absolute atomic E-state index is 12.9. The quantitative estimate of drug-likeness (QED) is 0.607. The lowest BCUT2D eigenvalue weighted by Gasteiger charge is -2.32. The number of rotatable bonds is 6. The van der Waals surface area contributed by atoms with Crippen LogP contribution in [0.2, 0.25) is 0 Å². The maximum atomic E-state index is 12.9. The van der Waals surface area contributed by atoms with Crippen LogP contribution in [0.4, 0.5) is 0 Å². The molecule has 0 saturated heterocycles. The van der Waals surface area contributed by atoms with E-state index in [2.05, 4.69) is 5.32 Å². The number of allylic oxidation sites excluding steroid dienone is 3. The first-order valence-corrected chi connectivity index (χ1v) is 9.47. The highest BCUT2D eigenvalue weighted by atomic mass is 16.6. The fourth-order valence-corrected chi connectivity index (χ4v) is 3.64. The Labute approximate surface area is 159 Å². The molecule has 1 aliphatic heterocycles. The molecular formula is C21H27NO5. The molecule has 1 aromatic heterocycles. The molecule has 1 atom stereocenters. The summed E-state index contributed by atoms with van der Waals surface area (Å²) in [5, 5.41) is 3.26. The van der Waals surface area contributed by atoms with Crippen LogP contribution in [-0.4, -0.2) is 31.1 Å². The Morgan fingerprint density at radius 1 is 1.26 bits per heavy atom. The van der Waals surface area contributed by atoms with E-state index < -0.39 is 11.9 Å². The highest BCUT2D eigenvalue weighted by molar-refractivity contribution is 6.03. The number of Topliss-reactive ketones (excluding diaryl/α,β-unsaturated/α-hetero) is 1. The first-order chi connectivity index (χ1) is 12.9. The average molecular weight is 373 g/mol. The van der Waals surface area contributed by atoms with Gasteiger partial charge in [-0.1, -0.05) is 0 Å². The number of hydrogen-bond donors (Lipinski definition) is 1. The van der Waals surface area contributed by atoms with Gasteiger partial charge in [0.1, 0.15) is 18.1 Å². The van der Waals surface area contributed by atoms with Crippen molar-refractivity contribution in [3.05, 3.63) is 46.2 Å². The predicted octanol–water partition coefficient (Wildman–Crippen LogP) is 3.52. The Bertz CT molecular complexity index is 799. The van der Waals surface area contributed by atoms with E-state index in [9.17, 15) is 9.59 Å². The van der Waals surface area contributed by atoms with Gasteiger partial charge in [-0.05, 0) is 52.7 Å². The molecule has 2 heterocycles. The van der Waals surface area contributed by atoms with Crippen molar-refractivity contribution in [3.63, 3.8) is 0 Å². The summed E-state index contributed by atoms with van der Waals surface area (Å²) in [4.78, 5) is 25.6. The number of ether oxygens (including phenoxy) is 2. The number of carbonyl (C=O) groups is 2. The van der Waals surface area contributed by atoms with Crippen LogP contribution in [0.15, 0.2) is 39.1 Å². The zero-order valence-corrected chi connectivity index (χ0v) is 16.4. The number of furan rings is 1. The van der Waals surface area contributed by atoms with E-state index >= 15 is 0 Å². The van der Waals surface area contributed by atoms with Crippen molar-refractivity contribution in [3.8, 4) is 0 Å². The van der Waals surface area contributed by atoms with Gasteiger partial charge in [-0.2, -0.15) is 0 Å². The molecule has 1 aliphatic carbocycles. The van der Waals surface area contributed by atoms with E-state index in [4.69, 9.17) is 13.9 Å². The predicted molar refractivity (Wildman–Crippen MR) is 100.0 cm³/mol. The lowest BCUT2D eigenvalue weighted by molar-refractivity contribution is -0.141. The van der Waals surface area contributed by atoms with Gasteiger partial charge in [-0.3, -0.25) is 4.79 Å². The van der Waals surface area contributed by atoms with Gasteiger partial charge in [0.15, 0.2) is 5.78 Å². The molecule has 146 valence electrons. The standard InChI is InChI=1S/C21H27NO5/c1-12(2)25-10-11-26-21(24)18-14(4)22-15-6-5-7-16(23)19(15)20(18)17-9-8-13(3)27-17/h8-9,12,20,22H,5-7,10-11H2,1-4H3/t20-/m0/s1. The monoisotopic (exact) mass is 373 g/mol. The molecule has 0 fully saturated rings. The summed E-state index contributed by atoms with van der Waals surface area (Å²) in [6.45, 7) is 8.04. The molecule has 1 N–H and O–H groups in total. The van der Waals surface area contributed by atoms with E-state index in [-0.39, 0.29) is 18.5 Å². The number of ketones is 1. The minimum absolute atomic E-state index is 0.0590. The first kappa shape index (κ1) is 19.4. The first-order valence-electron chi connectivity index (χ1n) is 9.47. The van der Waals surface area contributed by atoms with Gasteiger partial charge in [0.25, 0.3) is 0 Å². The van der Waals surface area contributed by atoms with E-state index in [0.29, 0.717) is 35.6 Å². The number of hydrogen-bond acceptors (Lipinski definition) is 6. The second kappa shape index (κ2) is 8.13. The molecule has 0 saturated carbocycles. The van der Waals surface area contributed by atoms with Crippen molar-refractivity contribution in [1.82, 2.24) is 5.32 Å². The van der Waals surface area contributed by atoms with Crippen LogP contribution in [0.3, 0.4) is 0 Å². The van der Waals surface area contributed by atoms with E-state index in [1.807, 2.05) is 39.8 Å². The third kappa shape index (κ3) is 4.16. The number of aryl methyl sites for hydroxylation is 1. The van der Waals surface area contributed by atoms with E-state index in [1.54, 1.807) is 0 Å². The molecule has 0 radical (unpaired) electrons. The van der Waals surface area contributed by atoms with Crippen molar-refractivity contribution in [2.45, 2.75) is 59.0 Å². The third-order valence-corrected chi connectivity index (χ3v) is 4.81. The average Bonchev–Trinajstić information content (AvgIpc) is 3.03. The van der Waals surface area contributed by atoms with Crippen LogP contribution >= 0.6 is 0 Å². The van der Waals surface area contributed by atoms with Crippen LogP contribution < -0.4 is 5.32 Å². The third-order valence-electron chi connectivity index (χ3n) is 4.81. The van der Waals surface area contributed by atoms with E-state index in [0.717, 1.165) is 24.3 Å². The van der Waals surface area contributed by atoms with Crippen LogP contribution in [0.1, 0.15) is 57.5 Å².